The number of aromatic nitrogens is 1. The molecule has 1 unspecified atom stereocenters. The number of fused-ring (bicyclic) bond motifs is 3. The van der Waals surface area contributed by atoms with Gasteiger partial charge in [0, 0.05) is 27.4 Å². The first-order chi connectivity index (χ1) is 12.8. The lowest BCUT2D eigenvalue weighted by Crippen LogP contribution is -2.09. The Kier molecular flexibility index (Phi) is 3.69. The highest BCUT2D eigenvalue weighted by Crippen LogP contribution is 2.40. The van der Waals surface area contributed by atoms with Gasteiger partial charge in [0.1, 0.15) is 0 Å². The number of rotatable bonds is 2. The molecule has 0 radical (unpaired) electrons. The van der Waals surface area contributed by atoms with Crippen molar-refractivity contribution in [3.8, 4) is 0 Å². The largest absolute Gasteiger partial charge is 0.312 e. The molecule has 0 aliphatic heterocycles. The molecule has 0 bridgehead atoms. The molecule has 1 heterocycles. The van der Waals surface area contributed by atoms with Gasteiger partial charge in [0.15, 0.2) is 0 Å². The molecule has 5 rings (SSSR count). The summed E-state index contributed by atoms with van der Waals surface area (Å²) in [5, 5.41) is 3.38. The number of halogens is 1. The predicted molar refractivity (Wildman–Crippen MR) is 112 cm³/mol. The molecule has 26 heavy (non-hydrogen) atoms. The number of hydrogen-bond acceptors (Lipinski definition) is 0. The van der Waals surface area contributed by atoms with E-state index in [4.69, 9.17) is 11.6 Å². The van der Waals surface area contributed by atoms with Crippen molar-refractivity contribution in [2.24, 2.45) is 0 Å². The molecular weight excluding hydrogens is 338 g/mol. The van der Waals surface area contributed by atoms with E-state index in [9.17, 15) is 0 Å². The summed E-state index contributed by atoms with van der Waals surface area (Å²) in [6, 6.07) is 25.6. The smallest absolute Gasteiger partial charge is 0.0538 e. The minimum absolute atomic E-state index is 0.316. The minimum Gasteiger partial charge on any atom is -0.312 e. The van der Waals surface area contributed by atoms with Crippen LogP contribution in [0.1, 0.15) is 17.9 Å². The van der Waals surface area contributed by atoms with E-state index in [0.717, 1.165) is 11.4 Å². The molecule has 126 valence electrons. The average Bonchev–Trinajstić information content (AvgIpc) is 3.03. The Balaban J connectivity index is 1.78. The molecule has 0 N–H and O–H groups in total. The highest BCUT2D eigenvalue weighted by Gasteiger charge is 2.22. The second-order valence-corrected chi connectivity index (χ2v) is 7.17. The second-order valence-electron chi connectivity index (χ2n) is 6.73. The van der Waals surface area contributed by atoms with Crippen molar-refractivity contribution in [3.05, 3.63) is 102 Å². The summed E-state index contributed by atoms with van der Waals surface area (Å²) in [4.78, 5) is 0. The topological polar surface area (TPSA) is 4.93 Å². The number of hydrogen-bond donors (Lipinski definition) is 0. The van der Waals surface area contributed by atoms with Gasteiger partial charge in [-0.1, -0.05) is 72.3 Å². The average molecular weight is 356 g/mol. The van der Waals surface area contributed by atoms with Gasteiger partial charge in [0.05, 0.1) is 11.0 Å². The minimum atomic E-state index is 0.316. The van der Waals surface area contributed by atoms with E-state index in [0.29, 0.717) is 5.92 Å². The van der Waals surface area contributed by atoms with Gasteiger partial charge >= 0.3 is 0 Å². The van der Waals surface area contributed by atoms with E-state index in [1.54, 1.807) is 0 Å². The van der Waals surface area contributed by atoms with Crippen LogP contribution in [-0.4, -0.2) is 4.57 Å². The molecule has 4 aromatic rings. The number of allylic oxidation sites excluding steroid dienone is 4. The van der Waals surface area contributed by atoms with Gasteiger partial charge in [-0.25, -0.2) is 0 Å². The van der Waals surface area contributed by atoms with Crippen molar-refractivity contribution in [3.63, 3.8) is 0 Å². The summed E-state index contributed by atoms with van der Waals surface area (Å²) in [7, 11) is 0. The van der Waals surface area contributed by atoms with E-state index in [1.165, 1.54) is 33.1 Å². The highest BCUT2D eigenvalue weighted by atomic mass is 35.5. The molecule has 1 aliphatic carbocycles. The summed E-state index contributed by atoms with van der Waals surface area (Å²) in [6.07, 6.45) is 7.66. The molecule has 0 spiro atoms. The van der Waals surface area contributed by atoms with E-state index >= 15 is 0 Å². The van der Waals surface area contributed by atoms with E-state index in [2.05, 4.69) is 83.5 Å². The molecule has 0 fully saturated rings. The number of nitrogens with zero attached hydrogens (tertiary/aromatic N) is 1. The molecule has 2 heteroatoms. The number of para-hydroxylation sites is 2. The van der Waals surface area contributed by atoms with Crippen molar-refractivity contribution < 1.29 is 0 Å². The molecule has 1 nitrogen and oxygen atoms in total. The van der Waals surface area contributed by atoms with Crippen LogP contribution < -0.4 is 0 Å². The van der Waals surface area contributed by atoms with E-state index < -0.39 is 0 Å². The van der Waals surface area contributed by atoms with Gasteiger partial charge in [-0.2, -0.15) is 0 Å². The second kappa shape index (κ2) is 6.19. The van der Waals surface area contributed by atoms with Crippen LogP contribution in [-0.2, 0) is 0 Å². The highest BCUT2D eigenvalue weighted by molar-refractivity contribution is 6.30. The van der Waals surface area contributed by atoms with Gasteiger partial charge in [-0.15, -0.1) is 0 Å². The first kappa shape index (κ1) is 15.5. The molecule has 0 saturated carbocycles. The zero-order valence-corrected chi connectivity index (χ0v) is 15.0. The third-order valence-electron chi connectivity index (χ3n) is 5.24. The van der Waals surface area contributed by atoms with Crippen LogP contribution in [0.25, 0.3) is 27.5 Å². The standard InChI is InChI=1S/C24H18ClN/c25-18-15-13-17(14-16-18)19-7-1-4-10-22(19)26-23-11-5-2-8-20(23)21-9-3-6-12-24(21)26/h1-6,8-16,19H,7H2. The van der Waals surface area contributed by atoms with Crippen molar-refractivity contribution in [2.45, 2.75) is 12.3 Å². The summed E-state index contributed by atoms with van der Waals surface area (Å²) < 4.78 is 2.42. The van der Waals surface area contributed by atoms with E-state index in [-0.39, 0.29) is 0 Å². The van der Waals surface area contributed by atoms with Crippen molar-refractivity contribution in [2.75, 3.05) is 0 Å². The maximum atomic E-state index is 6.11. The normalized spacial score (nSPS) is 17.0. The van der Waals surface area contributed by atoms with E-state index in [1.807, 2.05) is 12.1 Å². The number of benzene rings is 3. The van der Waals surface area contributed by atoms with Gasteiger partial charge in [0.25, 0.3) is 0 Å². The first-order valence-electron chi connectivity index (χ1n) is 8.94. The summed E-state index contributed by atoms with van der Waals surface area (Å²) in [5.74, 6) is 0.316. The van der Waals surface area contributed by atoms with Crippen LogP contribution >= 0.6 is 11.6 Å². The summed E-state index contributed by atoms with van der Waals surface area (Å²) >= 11 is 6.11. The van der Waals surface area contributed by atoms with Crippen molar-refractivity contribution in [1.82, 2.24) is 4.57 Å². The molecule has 0 saturated heterocycles. The van der Waals surface area contributed by atoms with Gasteiger partial charge in [-0.05, 0) is 42.3 Å². The first-order valence-corrected chi connectivity index (χ1v) is 9.31. The summed E-state index contributed by atoms with van der Waals surface area (Å²) in [5.41, 5.74) is 5.13. The monoisotopic (exact) mass is 355 g/mol. The lowest BCUT2D eigenvalue weighted by molar-refractivity contribution is 0.830. The zero-order chi connectivity index (χ0) is 17.5. The van der Waals surface area contributed by atoms with Gasteiger partial charge in [-0.3, -0.25) is 0 Å². The Hall–Kier alpha value is -2.77. The van der Waals surface area contributed by atoms with Crippen molar-refractivity contribution in [1.29, 1.82) is 0 Å². The fourth-order valence-corrected chi connectivity index (χ4v) is 4.18. The fraction of sp³-hybridized carbons (Fsp3) is 0.0833. The lowest BCUT2D eigenvalue weighted by Gasteiger charge is -2.24. The predicted octanol–water partition coefficient (Wildman–Crippen LogP) is 7.03. The lowest BCUT2D eigenvalue weighted by atomic mass is 9.89. The Morgan fingerprint density at radius 3 is 2.04 bits per heavy atom. The molecule has 1 aromatic heterocycles. The Morgan fingerprint density at radius 1 is 0.769 bits per heavy atom. The third-order valence-corrected chi connectivity index (χ3v) is 5.49. The van der Waals surface area contributed by atoms with Crippen LogP contribution in [0.15, 0.2) is 91.0 Å². The molecule has 1 atom stereocenters. The van der Waals surface area contributed by atoms with Gasteiger partial charge < -0.3 is 4.57 Å². The maximum Gasteiger partial charge on any atom is 0.0538 e. The van der Waals surface area contributed by atoms with Gasteiger partial charge in [0.2, 0.25) is 0 Å². The van der Waals surface area contributed by atoms with Crippen molar-refractivity contribution >= 4 is 39.1 Å². The Bertz CT molecular complexity index is 1110. The third kappa shape index (κ3) is 2.40. The van der Waals surface area contributed by atoms with Crippen LogP contribution in [0.3, 0.4) is 0 Å². The zero-order valence-electron chi connectivity index (χ0n) is 14.3. The van der Waals surface area contributed by atoms with Crippen LogP contribution in [0.4, 0.5) is 0 Å². The molecule has 1 aliphatic rings. The molecular formula is C24H18ClN. The molecule has 0 amide bonds. The van der Waals surface area contributed by atoms with Crippen LogP contribution in [0.5, 0.6) is 0 Å². The quantitative estimate of drug-likeness (QED) is 0.363. The van der Waals surface area contributed by atoms with Crippen LogP contribution in [0, 0.1) is 0 Å². The SMILES string of the molecule is Clc1ccc(C2CC=CC=C2n2c3ccccc3c3ccccc32)cc1. The molecule has 3 aromatic carbocycles. The maximum absolute atomic E-state index is 6.11. The Morgan fingerprint density at radius 2 is 1.38 bits per heavy atom. The van der Waals surface area contributed by atoms with Crippen LogP contribution in [0.2, 0.25) is 5.02 Å². The summed E-state index contributed by atoms with van der Waals surface area (Å²) in [6.45, 7) is 0. The Labute approximate surface area is 157 Å². The fourth-order valence-electron chi connectivity index (χ4n) is 4.05.